The highest BCUT2D eigenvalue weighted by Crippen LogP contribution is 2.71. The Morgan fingerprint density at radius 1 is 0.875 bits per heavy atom. The van der Waals surface area contributed by atoms with Gasteiger partial charge in [0.15, 0.2) is 24.3 Å². The number of nitrogens with two attached hydrogens (primary N) is 2. The van der Waals surface area contributed by atoms with Gasteiger partial charge in [-0.2, -0.15) is 0 Å². The van der Waals surface area contributed by atoms with Gasteiger partial charge in [0, 0.05) is 68.0 Å². The second-order valence-electron chi connectivity index (χ2n) is 24.1. The highest BCUT2D eigenvalue weighted by atomic mass is 16.7. The number of aliphatic hydroxyl groups is 4. The highest BCUT2D eigenvalue weighted by Gasteiger charge is 2.76. The number of carbonyl (C=O) groups is 6. The Kier molecular flexibility index (Phi) is 15.9. The van der Waals surface area contributed by atoms with Gasteiger partial charge in [0.2, 0.25) is 23.9 Å². The molecule has 23 nitrogen and oxygen atoms in total. The smallest absolute Gasteiger partial charge is 0.409 e. The summed E-state index contributed by atoms with van der Waals surface area (Å²) < 4.78 is 36.3. The summed E-state index contributed by atoms with van der Waals surface area (Å²) in [5.74, 6) is 2.94. The molecule has 4 amide bonds. The number of nitrogens with one attached hydrogen (secondary N) is 2. The third-order valence-corrected chi connectivity index (χ3v) is 18.7. The standard InChI is InChI=1S/C57H74N6O17/c1-53-15-13-35(64)20-34(53)10-11-36-37-21-43-57(54(37,2)23-39(65)46(36)53,80-49(79-43)33-8-5-31(6-9-33)22-55-28-56(58,29-55)30-55)42(67)26-76-52(73)63(4)18-17-62(3)51(72)75-24-32-7-12-41(78-50-48(71)47(70)40(66)25-74-50)38(19-32)61-44(68)14-16-60-45(69)27-77-59/h5-9,12-13,15,19-20,36-37,39-40,43,46-50,65-66,70-71H,10-11,14,16-18,21-30,58-59H2,1-4H3,(H,60,69)(H,61,68)/t36-,37-,39-,40+,43+,46+,47-,48+,49+,50-,53-,54-,55?,56?,57+/m0/s1. The molecule has 0 radical (unpaired) electrons. The van der Waals surface area contributed by atoms with Crippen molar-refractivity contribution in [2.45, 2.75) is 132 Å². The number of hydrogen-bond acceptors (Lipinski definition) is 19. The Labute approximate surface area is 463 Å². The maximum atomic E-state index is 15.1. The van der Waals surface area contributed by atoms with E-state index in [1.807, 2.05) is 25.1 Å². The van der Waals surface area contributed by atoms with Crippen LogP contribution in [0.5, 0.6) is 5.75 Å². The van der Waals surface area contributed by atoms with Crippen LogP contribution in [0.1, 0.15) is 88.2 Å². The largest absolute Gasteiger partial charge is 0.460 e. The minimum Gasteiger partial charge on any atom is -0.460 e. The number of benzene rings is 2. The average molecular weight is 1120 g/mol. The van der Waals surface area contributed by atoms with Gasteiger partial charge in [-0.15, -0.1) is 0 Å². The summed E-state index contributed by atoms with van der Waals surface area (Å²) in [7, 11) is 2.93. The highest BCUT2D eigenvalue weighted by molar-refractivity contribution is 6.01. The number of Topliss-reactive ketones (excluding diaryl/α,β-unsaturated/α-hetero) is 1. The Morgan fingerprint density at radius 3 is 2.27 bits per heavy atom. The van der Waals surface area contributed by atoms with Crippen molar-refractivity contribution in [3.8, 4) is 5.75 Å². The minimum atomic E-state index is -1.64. The van der Waals surface area contributed by atoms with Gasteiger partial charge in [-0.3, -0.25) is 24.0 Å². The number of rotatable bonds is 19. The van der Waals surface area contributed by atoms with Crippen molar-refractivity contribution in [1.29, 1.82) is 0 Å². The van der Waals surface area contributed by atoms with Crippen molar-refractivity contribution in [1.82, 2.24) is 15.1 Å². The van der Waals surface area contributed by atoms with E-state index >= 15 is 4.79 Å². The Morgan fingerprint density at radius 2 is 1.57 bits per heavy atom. The molecule has 0 aromatic heterocycles. The molecule has 23 heteroatoms. The van der Waals surface area contributed by atoms with Crippen molar-refractivity contribution in [3.63, 3.8) is 0 Å². The van der Waals surface area contributed by atoms with E-state index in [1.54, 1.807) is 12.2 Å². The van der Waals surface area contributed by atoms with Crippen LogP contribution in [0.4, 0.5) is 15.3 Å². The minimum absolute atomic E-state index is 0.000412. The lowest BCUT2D eigenvalue weighted by atomic mass is 9.38. The second kappa shape index (κ2) is 22.1. The summed E-state index contributed by atoms with van der Waals surface area (Å²) in [5, 5.41) is 48.0. The summed E-state index contributed by atoms with van der Waals surface area (Å²) in [5.41, 5.74) is 6.96. The average Bonchev–Trinajstić information content (AvgIpc) is 4.10. The lowest BCUT2D eigenvalue weighted by molar-refractivity contribution is -0.241. The molecule has 2 aromatic rings. The van der Waals surface area contributed by atoms with Crippen molar-refractivity contribution in [2.75, 3.05) is 58.9 Å². The number of likely N-dealkylation sites (N-methyl/N-ethyl adjacent to an activating group) is 2. The van der Waals surface area contributed by atoms with Crippen molar-refractivity contribution >= 4 is 41.3 Å². The predicted molar refractivity (Wildman–Crippen MR) is 281 cm³/mol. The summed E-state index contributed by atoms with van der Waals surface area (Å²) >= 11 is 0. The number of carbonyl (C=O) groups excluding carboxylic acids is 6. The molecule has 434 valence electrons. The third kappa shape index (κ3) is 10.7. The number of nitrogens with zero attached hydrogens (tertiary/aromatic N) is 2. The molecule has 11 rings (SSSR count). The van der Waals surface area contributed by atoms with Crippen LogP contribution in [-0.2, 0) is 60.7 Å². The normalized spacial score (nSPS) is 36.1. The Balaban J connectivity index is 0.771. The summed E-state index contributed by atoms with van der Waals surface area (Å²) in [4.78, 5) is 86.0. The second-order valence-corrected chi connectivity index (χ2v) is 24.1. The van der Waals surface area contributed by atoms with Gasteiger partial charge >= 0.3 is 12.2 Å². The van der Waals surface area contributed by atoms with E-state index in [0.29, 0.717) is 24.8 Å². The fourth-order valence-electron chi connectivity index (χ4n) is 14.8. The van der Waals surface area contributed by atoms with Gasteiger partial charge in [-0.05, 0) is 104 Å². The molecule has 6 saturated carbocycles. The van der Waals surface area contributed by atoms with Crippen LogP contribution in [0, 0.1) is 34.0 Å². The SMILES string of the molecule is CN(CCN(C)C(=O)OCc1ccc(O[C@@H]2OC[C@@H](O)[C@H](O)[C@H]2O)c(NC(=O)CCNC(=O)CON)c1)C(=O)OCC(=O)[C@@]12O[C@H](c3ccc(CC45CC(N)(C4)C5)cc3)O[C@@H]1C[C@H]1[C@@H]3CCC4=CC(=O)C=C[C@]4(C)[C@H]3[C@@H](O)C[C@@]12C. The molecule has 80 heavy (non-hydrogen) atoms. The van der Waals surface area contributed by atoms with Crippen LogP contribution < -0.4 is 27.0 Å². The van der Waals surface area contributed by atoms with Gasteiger partial charge in [0.05, 0.1) is 24.5 Å². The molecule has 8 fully saturated rings. The molecule has 10 N–H and O–H groups in total. The van der Waals surface area contributed by atoms with E-state index in [0.717, 1.165) is 36.8 Å². The molecule has 0 spiro atoms. The van der Waals surface area contributed by atoms with Crippen LogP contribution in [0.3, 0.4) is 0 Å². The van der Waals surface area contributed by atoms with Crippen molar-refractivity contribution in [3.05, 3.63) is 83.0 Å². The van der Waals surface area contributed by atoms with Gasteiger partial charge in [-0.25, -0.2) is 15.5 Å². The number of hydrogen-bond donors (Lipinski definition) is 8. The number of anilines is 1. The quantitative estimate of drug-likeness (QED) is 0.0935. The number of ether oxygens (including phenoxy) is 6. The first kappa shape index (κ1) is 57.4. The summed E-state index contributed by atoms with van der Waals surface area (Å²) in [6, 6.07) is 12.5. The fourth-order valence-corrected chi connectivity index (χ4v) is 14.8. The zero-order chi connectivity index (χ0) is 57.1. The molecule has 2 aromatic carbocycles. The van der Waals surface area contributed by atoms with Crippen molar-refractivity contribution in [2.24, 2.45) is 45.6 Å². The van der Waals surface area contributed by atoms with Gasteiger partial charge in [0.1, 0.15) is 37.3 Å². The van der Waals surface area contributed by atoms with E-state index < -0.39 is 103 Å². The molecule has 13 atom stereocenters. The molecule has 2 heterocycles. The monoisotopic (exact) mass is 1110 g/mol. The molecule has 2 saturated heterocycles. The zero-order valence-electron chi connectivity index (χ0n) is 45.5. The molecular weight excluding hydrogens is 1040 g/mol. The van der Waals surface area contributed by atoms with Gasteiger partial charge < -0.3 is 75.0 Å². The number of allylic oxidation sites excluding steroid dienone is 4. The van der Waals surface area contributed by atoms with Gasteiger partial charge in [-0.1, -0.05) is 55.8 Å². The maximum Gasteiger partial charge on any atom is 0.409 e. The van der Waals surface area contributed by atoms with Crippen LogP contribution in [-0.4, -0.2) is 167 Å². The Bertz CT molecular complexity index is 2790. The van der Waals surface area contributed by atoms with Gasteiger partial charge in [0.25, 0.3) is 0 Å². The van der Waals surface area contributed by atoms with Crippen LogP contribution in [0.25, 0.3) is 0 Å². The summed E-state index contributed by atoms with van der Waals surface area (Å²) in [6.45, 7) is 2.30. The number of amides is 4. The maximum absolute atomic E-state index is 15.1. The van der Waals surface area contributed by atoms with E-state index in [1.165, 1.54) is 47.7 Å². The molecule has 9 aliphatic rings. The molecular formula is C57H74N6O17. The van der Waals surface area contributed by atoms with Crippen LogP contribution in [0.15, 0.2) is 66.3 Å². The van der Waals surface area contributed by atoms with E-state index in [-0.39, 0.29) is 91.6 Å². The summed E-state index contributed by atoms with van der Waals surface area (Å²) in [6.07, 6.45) is 1.10. The van der Waals surface area contributed by atoms with Crippen molar-refractivity contribution < 1.29 is 82.5 Å². The molecule has 2 bridgehead atoms. The van der Waals surface area contributed by atoms with Crippen LogP contribution >= 0.6 is 0 Å². The van der Waals surface area contributed by atoms with Crippen LogP contribution in [0.2, 0.25) is 0 Å². The van der Waals surface area contributed by atoms with E-state index in [2.05, 4.69) is 34.5 Å². The first-order chi connectivity index (χ1) is 38.0. The zero-order valence-corrected chi connectivity index (χ0v) is 45.5. The van der Waals surface area contributed by atoms with E-state index in [4.69, 9.17) is 40.1 Å². The lowest BCUT2D eigenvalue weighted by Crippen LogP contribution is -2.72. The fraction of sp³-hybridized carbons (Fsp3) is 0.614. The number of ketones is 2. The first-order valence-corrected chi connectivity index (χ1v) is 27.5. The number of fused-ring (bicyclic) bond motifs is 7. The number of aliphatic hydroxyl groups excluding tert-OH is 4. The third-order valence-electron chi connectivity index (χ3n) is 18.7. The molecule has 7 aliphatic carbocycles. The lowest BCUT2D eigenvalue weighted by Gasteiger charge is -2.69. The first-order valence-electron chi connectivity index (χ1n) is 27.5. The molecule has 2 aliphatic heterocycles. The van der Waals surface area contributed by atoms with E-state index in [9.17, 15) is 44.4 Å². The Hall–Kier alpha value is -5.86. The molecule has 0 unspecified atom stereocenters. The topological polar surface area (TPSA) is 331 Å². The predicted octanol–water partition coefficient (Wildman–Crippen LogP) is 2.21.